The van der Waals surface area contributed by atoms with E-state index in [4.69, 9.17) is 5.11 Å². The number of carbonyl (C=O) groups is 2. The zero-order valence-electron chi connectivity index (χ0n) is 13.7. The Bertz CT molecular complexity index is 750. The number of nitrogens with one attached hydrogen (secondary N) is 3. The van der Waals surface area contributed by atoms with E-state index in [9.17, 15) is 9.59 Å². The highest BCUT2D eigenvalue weighted by Crippen LogP contribution is 2.24. The van der Waals surface area contributed by atoms with Crippen LogP contribution in [-0.4, -0.2) is 41.6 Å². The van der Waals surface area contributed by atoms with Gasteiger partial charge in [-0.1, -0.05) is 0 Å². The maximum Gasteiger partial charge on any atom is 0.326 e. The van der Waals surface area contributed by atoms with Crippen molar-refractivity contribution in [3.63, 3.8) is 0 Å². The first-order valence-electron chi connectivity index (χ1n) is 8.08. The first-order chi connectivity index (χ1) is 12.2. The second kappa shape index (κ2) is 7.67. The summed E-state index contributed by atoms with van der Waals surface area (Å²) in [5, 5.41) is 17.3. The fourth-order valence-corrected chi connectivity index (χ4v) is 2.55. The van der Waals surface area contributed by atoms with Crippen LogP contribution in [0.2, 0.25) is 0 Å². The lowest BCUT2D eigenvalue weighted by atomic mass is 10.1. The van der Waals surface area contributed by atoms with Crippen LogP contribution in [0, 0.1) is 0 Å². The first-order valence-corrected chi connectivity index (χ1v) is 8.08. The largest absolute Gasteiger partial charge is 0.396 e. The Kier molecular flexibility index (Phi) is 5.15. The van der Waals surface area contributed by atoms with Gasteiger partial charge >= 0.3 is 6.03 Å². The van der Waals surface area contributed by atoms with E-state index in [1.54, 1.807) is 29.2 Å². The summed E-state index contributed by atoms with van der Waals surface area (Å²) in [7, 11) is 0. The van der Waals surface area contributed by atoms with Crippen molar-refractivity contribution in [1.29, 1.82) is 0 Å². The molecule has 3 amide bonds. The number of amides is 3. The van der Waals surface area contributed by atoms with Crippen molar-refractivity contribution in [2.75, 3.05) is 25.0 Å². The van der Waals surface area contributed by atoms with Crippen LogP contribution in [0.25, 0.3) is 0 Å². The zero-order valence-corrected chi connectivity index (χ0v) is 13.7. The van der Waals surface area contributed by atoms with Gasteiger partial charge < -0.3 is 21.1 Å². The van der Waals surface area contributed by atoms with Crippen molar-refractivity contribution in [2.24, 2.45) is 0 Å². The normalized spacial score (nSPS) is 15.0. The van der Waals surface area contributed by atoms with Crippen LogP contribution < -0.4 is 16.0 Å². The summed E-state index contributed by atoms with van der Waals surface area (Å²) in [4.78, 5) is 25.8. The molecule has 1 aromatic rings. The van der Waals surface area contributed by atoms with E-state index in [-0.39, 0.29) is 18.5 Å². The second-order valence-corrected chi connectivity index (χ2v) is 5.72. The fourth-order valence-electron chi connectivity index (χ4n) is 2.55. The standard InChI is InChI=1S/C18H20N4O3/c23-9-1-7-20-17(24)13-2-4-16(5-3-13)21-18(25)22-11-14-6-8-19-10-15(14)12-22/h2-6,8,10-11,19,23H,1,7,9,12H2,(H,20,24)(H,21,25). The van der Waals surface area contributed by atoms with Gasteiger partial charge in [-0.15, -0.1) is 0 Å². The lowest BCUT2D eigenvalue weighted by Crippen LogP contribution is -2.29. The van der Waals surface area contributed by atoms with Gasteiger partial charge in [0.25, 0.3) is 5.91 Å². The van der Waals surface area contributed by atoms with E-state index in [2.05, 4.69) is 16.0 Å². The molecular weight excluding hydrogens is 320 g/mol. The molecule has 25 heavy (non-hydrogen) atoms. The number of rotatable bonds is 5. The molecule has 0 radical (unpaired) electrons. The second-order valence-electron chi connectivity index (χ2n) is 5.72. The first kappa shape index (κ1) is 16.8. The molecule has 7 heteroatoms. The fraction of sp³-hybridized carbons (Fsp3) is 0.222. The summed E-state index contributed by atoms with van der Waals surface area (Å²) in [5.41, 5.74) is 3.20. The van der Waals surface area contributed by atoms with E-state index in [0.717, 1.165) is 11.1 Å². The number of fused-ring (bicyclic) bond motifs is 1. The quantitative estimate of drug-likeness (QED) is 0.612. The van der Waals surface area contributed by atoms with E-state index < -0.39 is 0 Å². The number of anilines is 1. The Labute approximate surface area is 145 Å². The smallest absolute Gasteiger partial charge is 0.326 e. The molecule has 0 atom stereocenters. The van der Waals surface area contributed by atoms with Crippen molar-refractivity contribution in [3.8, 4) is 0 Å². The molecule has 7 nitrogen and oxygen atoms in total. The topological polar surface area (TPSA) is 93.7 Å². The van der Waals surface area contributed by atoms with Crippen LogP contribution in [0.3, 0.4) is 0 Å². The molecule has 1 aromatic carbocycles. The molecule has 4 N–H and O–H groups in total. The highest BCUT2D eigenvalue weighted by atomic mass is 16.3. The van der Waals surface area contributed by atoms with Crippen LogP contribution in [-0.2, 0) is 0 Å². The Morgan fingerprint density at radius 1 is 1.24 bits per heavy atom. The van der Waals surface area contributed by atoms with E-state index in [1.165, 1.54) is 0 Å². The van der Waals surface area contributed by atoms with Gasteiger partial charge in [0.05, 0.1) is 6.54 Å². The Morgan fingerprint density at radius 3 is 2.76 bits per heavy atom. The third-order valence-corrected chi connectivity index (χ3v) is 3.90. The van der Waals surface area contributed by atoms with E-state index >= 15 is 0 Å². The minimum Gasteiger partial charge on any atom is -0.396 e. The molecule has 2 aliphatic rings. The van der Waals surface area contributed by atoms with E-state index in [1.807, 2.05) is 24.7 Å². The molecule has 130 valence electrons. The monoisotopic (exact) mass is 340 g/mol. The average molecular weight is 340 g/mol. The van der Waals surface area contributed by atoms with Gasteiger partial charge in [-0.05, 0) is 47.9 Å². The molecular formula is C18H20N4O3. The van der Waals surface area contributed by atoms with Crippen LogP contribution in [0.4, 0.5) is 10.5 Å². The number of allylic oxidation sites excluding steroid dienone is 1. The van der Waals surface area contributed by atoms with Crippen LogP contribution in [0.5, 0.6) is 0 Å². The molecule has 0 aliphatic carbocycles. The maximum atomic E-state index is 12.3. The summed E-state index contributed by atoms with van der Waals surface area (Å²) in [6, 6.07) is 6.46. The molecule has 2 aliphatic heterocycles. The average Bonchev–Trinajstić information content (AvgIpc) is 3.07. The van der Waals surface area contributed by atoms with Gasteiger partial charge in [-0.2, -0.15) is 0 Å². The number of carbonyl (C=O) groups excluding carboxylic acids is 2. The predicted octanol–water partition coefficient (Wildman–Crippen LogP) is 1.53. The SMILES string of the molecule is O=C(NCCCO)c1ccc(NC(=O)N2C=C3C=CNC=C3C2)cc1. The molecule has 0 saturated carbocycles. The summed E-state index contributed by atoms with van der Waals surface area (Å²) >= 11 is 0. The summed E-state index contributed by atoms with van der Waals surface area (Å²) in [5.74, 6) is -0.203. The number of hydrogen-bond acceptors (Lipinski definition) is 4. The van der Waals surface area contributed by atoms with Gasteiger partial charge in [0, 0.05) is 43.0 Å². The molecule has 0 saturated heterocycles. The number of aliphatic hydroxyl groups is 1. The Balaban J connectivity index is 1.56. The minimum atomic E-state index is -0.226. The number of aliphatic hydroxyl groups excluding tert-OH is 1. The van der Waals surface area contributed by atoms with Crippen LogP contribution in [0.15, 0.2) is 60.1 Å². The van der Waals surface area contributed by atoms with Crippen LogP contribution in [0.1, 0.15) is 16.8 Å². The summed E-state index contributed by atoms with van der Waals surface area (Å²) < 4.78 is 0. The summed E-state index contributed by atoms with van der Waals surface area (Å²) in [6.45, 7) is 0.987. The minimum absolute atomic E-state index is 0.0423. The third-order valence-electron chi connectivity index (χ3n) is 3.90. The number of urea groups is 1. The van der Waals surface area contributed by atoms with Crippen LogP contribution >= 0.6 is 0 Å². The van der Waals surface area contributed by atoms with Gasteiger partial charge in [-0.3, -0.25) is 9.69 Å². The molecule has 0 aromatic heterocycles. The zero-order chi connectivity index (χ0) is 17.6. The molecule has 0 unspecified atom stereocenters. The van der Waals surface area contributed by atoms with E-state index in [0.29, 0.717) is 30.8 Å². The number of dihydropyridines is 1. The van der Waals surface area contributed by atoms with Crippen molar-refractivity contribution >= 4 is 17.6 Å². The third kappa shape index (κ3) is 4.07. The Morgan fingerprint density at radius 2 is 2.04 bits per heavy atom. The lowest BCUT2D eigenvalue weighted by Gasteiger charge is -2.15. The van der Waals surface area contributed by atoms with Gasteiger partial charge in [0.15, 0.2) is 0 Å². The van der Waals surface area contributed by atoms with Crippen molar-refractivity contribution < 1.29 is 14.7 Å². The number of nitrogens with zero attached hydrogens (tertiary/aromatic N) is 1. The number of benzene rings is 1. The lowest BCUT2D eigenvalue weighted by molar-refractivity contribution is 0.0951. The van der Waals surface area contributed by atoms with Crippen molar-refractivity contribution in [2.45, 2.75) is 6.42 Å². The number of hydrogen-bond donors (Lipinski definition) is 4. The van der Waals surface area contributed by atoms with Gasteiger partial charge in [0.1, 0.15) is 0 Å². The highest BCUT2D eigenvalue weighted by Gasteiger charge is 2.22. The molecule has 2 heterocycles. The van der Waals surface area contributed by atoms with Gasteiger partial charge in [-0.25, -0.2) is 4.79 Å². The summed E-state index contributed by atoms with van der Waals surface area (Å²) in [6.07, 6.45) is 7.95. The molecule has 0 spiro atoms. The molecule has 0 fully saturated rings. The maximum absolute atomic E-state index is 12.3. The molecule has 3 rings (SSSR count). The van der Waals surface area contributed by atoms with Crippen molar-refractivity contribution in [1.82, 2.24) is 15.5 Å². The molecule has 0 bridgehead atoms. The van der Waals surface area contributed by atoms with Gasteiger partial charge in [0.2, 0.25) is 0 Å². The van der Waals surface area contributed by atoms with Crippen molar-refractivity contribution in [3.05, 3.63) is 65.7 Å². The Hall–Kier alpha value is -3.06. The highest BCUT2D eigenvalue weighted by molar-refractivity contribution is 5.95. The predicted molar refractivity (Wildman–Crippen MR) is 94.6 cm³/mol.